The van der Waals surface area contributed by atoms with E-state index in [1.54, 1.807) is 59.7 Å². The highest BCUT2D eigenvalue weighted by Gasteiger charge is 2.39. The second kappa shape index (κ2) is 31.1. The molecule has 12 atom stereocenters. The molecule has 0 aromatic heterocycles. The lowest BCUT2D eigenvalue weighted by Gasteiger charge is -2.32. The number of aliphatic hydroxyl groups is 4. The van der Waals surface area contributed by atoms with Crippen LogP contribution in [0.3, 0.4) is 0 Å². The van der Waals surface area contributed by atoms with Gasteiger partial charge in [-0.25, -0.2) is 0 Å². The molecule has 1 saturated heterocycles. The molecule has 0 spiro atoms. The molecule has 0 unspecified atom stereocenters. The van der Waals surface area contributed by atoms with Crippen LogP contribution in [-0.2, 0) is 43.2 Å². The molecule has 1 aliphatic rings. The molecular weight excluding hydrogens is 943 g/mol. The zero-order chi connectivity index (χ0) is 53.7. The van der Waals surface area contributed by atoms with Crippen molar-refractivity contribution >= 4 is 59.1 Å². The predicted octanol–water partition coefficient (Wildman–Crippen LogP) is -5.14. The van der Waals surface area contributed by atoms with Gasteiger partial charge in [0.25, 0.3) is 0 Å². The van der Waals surface area contributed by atoms with Crippen molar-refractivity contribution in [1.82, 2.24) is 47.9 Å². The first-order chi connectivity index (χ1) is 33.4. The number of amides is 9. The first kappa shape index (κ1) is 63.5. The number of benzene rings is 1. The zero-order valence-corrected chi connectivity index (χ0v) is 41.3. The van der Waals surface area contributed by atoms with E-state index in [2.05, 4.69) is 52.8 Å². The van der Waals surface area contributed by atoms with Crippen LogP contribution in [0, 0.1) is 17.8 Å². The summed E-state index contributed by atoms with van der Waals surface area (Å²) in [4.78, 5) is 128. The summed E-state index contributed by atoms with van der Waals surface area (Å²) in [5.41, 5.74) is 17.7. The molecular formula is C46H79N13O13. The number of nitrogens with zero attached hydrogens (tertiary/aromatic N) is 1. The Bertz CT molecular complexity index is 2010. The molecule has 1 aliphatic heterocycles. The van der Waals surface area contributed by atoms with Gasteiger partial charge >= 0.3 is 0 Å². The lowest BCUT2D eigenvalue weighted by molar-refractivity contribution is -0.138. The topological polar surface area (TPSA) is 433 Å². The second-order valence-electron chi connectivity index (χ2n) is 18.2. The number of nitrogens with two attached hydrogens (primary N) is 3. The van der Waals surface area contributed by atoms with Crippen molar-refractivity contribution in [1.29, 1.82) is 0 Å². The number of guanidine groups is 1. The molecule has 0 saturated carbocycles. The van der Waals surface area contributed by atoms with Gasteiger partial charge in [-0.2, -0.15) is 0 Å². The molecule has 1 fully saturated rings. The van der Waals surface area contributed by atoms with E-state index in [1.165, 1.54) is 19.1 Å². The molecule has 19 N–H and O–H groups in total. The summed E-state index contributed by atoms with van der Waals surface area (Å²) in [7, 11) is 0. The van der Waals surface area contributed by atoms with E-state index in [0.717, 1.165) is 0 Å². The Labute approximate surface area is 420 Å². The lowest BCUT2D eigenvalue weighted by Crippen LogP contribution is -2.63. The normalized spacial score (nSPS) is 26.5. The van der Waals surface area contributed by atoms with Gasteiger partial charge in [0.1, 0.15) is 48.3 Å². The third-order valence-electron chi connectivity index (χ3n) is 11.6. The second-order valence-corrected chi connectivity index (χ2v) is 18.2. The van der Waals surface area contributed by atoms with E-state index in [9.17, 15) is 63.6 Å². The van der Waals surface area contributed by atoms with Crippen LogP contribution in [0.2, 0.25) is 0 Å². The van der Waals surface area contributed by atoms with Crippen molar-refractivity contribution in [3.8, 4) is 0 Å². The van der Waals surface area contributed by atoms with Crippen LogP contribution in [-0.4, -0.2) is 166 Å². The number of rotatable bonds is 14. The quantitative estimate of drug-likeness (QED) is 0.0471. The monoisotopic (exact) mass is 1020 g/mol. The molecule has 26 nitrogen and oxygen atoms in total. The molecule has 9 amide bonds. The minimum absolute atomic E-state index is 0. The molecule has 1 aromatic carbocycles. The van der Waals surface area contributed by atoms with E-state index >= 15 is 0 Å². The molecule has 1 aromatic rings. The van der Waals surface area contributed by atoms with Gasteiger partial charge in [-0.05, 0) is 49.5 Å². The lowest BCUT2D eigenvalue weighted by atomic mass is 9.95. The van der Waals surface area contributed by atoms with E-state index in [-0.39, 0.29) is 50.7 Å². The third-order valence-corrected chi connectivity index (χ3v) is 11.6. The zero-order valence-electron chi connectivity index (χ0n) is 41.3. The van der Waals surface area contributed by atoms with Crippen LogP contribution in [0.5, 0.6) is 0 Å². The summed E-state index contributed by atoms with van der Waals surface area (Å²) >= 11 is 0. The van der Waals surface area contributed by atoms with Gasteiger partial charge in [0.2, 0.25) is 53.2 Å². The molecule has 0 radical (unpaired) electrons. The Morgan fingerprint density at radius 3 is 1.68 bits per heavy atom. The SMILES string of the molecule is C.CC[C@H](C)[C@@H]1NC(=O)[C@@H](CCCN=C(N)N)NC(=O)[C@H](CC(C)C)NC(=O)[C@H]([C@H](O)C(C)C)NC(=O)[C@@H](N)[C@@H](c2ccccc2)NC(=O)[C@H](CO)NC(=O)[C@H](CO)NC(=O)CNC(=O)[C@H]([C@H](C)O)NC1=O. The Kier molecular flexibility index (Phi) is 27.4. The molecule has 0 bridgehead atoms. The smallest absolute Gasteiger partial charge is 0.245 e. The summed E-state index contributed by atoms with van der Waals surface area (Å²) in [5.74, 6) is -11.0. The summed E-state index contributed by atoms with van der Waals surface area (Å²) in [5, 5.41) is 64.0. The predicted molar refractivity (Wildman–Crippen MR) is 264 cm³/mol. The van der Waals surface area contributed by atoms with Crippen LogP contribution in [0.25, 0.3) is 0 Å². The van der Waals surface area contributed by atoms with Crippen LogP contribution in [0.15, 0.2) is 35.3 Å². The van der Waals surface area contributed by atoms with E-state index in [4.69, 9.17) is 17.2 Å². The Hall–Kier alpha value is -6.48. The van der Waals surface area contributed by atoms with Crippen LogP contribution in [0.4, 0.5) is 0 Å². The van der Waals surface area contributed by atoms with Gasteiger partial charge in [-0.15, -0.1) is 0 Å². The summed E-state index contributed by atoms with van der Waals surface area (Å²) < 4.78 is 0. The van der Waals surface area contributed by atoms with Crippen molar-refractivity contribution in [2.45, 2.75) is 148 Å². The Morgan fingerprint density at radius 1 is 0.639 bits per heavy atom. The molecule has 72 heavy (non-hydrogen) atoms. The van der Waals surface area contributed by atoms with Gasteiger partial charge in [0.05, 0.1) is 38.0 Å². The maximum atomic E-state index is 14.3. The van der Waals surface area contributed by atoms with Crippen molar-refractivity contribution < 1.29 is 63.6 Å². The third kappa shape index (κ3) is 20.0. The largest absolute Gasteiger partial charge is 0.394 e. The van der Waals surface area contributed by atoms with Crippen molar-refractivity contribution in [2.75, 3.05) is 26.3 Å². The van der Waals surface area contributed by atoms with Gasteiger partial charge in [-0.3, -0.25) is 48.1 Å². The van der Waals surface area contributed by atoms with Crippen molar-refractivity contribution in [3.05, 3.63) is 35.9 Å². The van der Waals surface area contributed by atoms with Crippen molar-refractivity contribution in [2.24, 2.45) is 39.9 Å². The van der Waals surface area contributed by atoms with Crippen LogP contribution >= 0.6 is 0 Å². The standard InChI is InChI=1S/C45H75N13O13.CH4/c1-8-23(6)32-43(70)56-33(24(7)61)42(69)50-18-30(62)51-28(19-59)39(66)54-29(20-60)40(67)57-34(25-13-10-9-11-14-25)31(46)41(68)58-35(36(63)22(4)5)44(71)53-27(17-21(2)3)38(65)52-26(37(64)55-32)15-12-16-49-45(47)48;/h9-11,13-14,21-24,26-29,31-36,59-61,63H,8,12,15-20,46H2,1-7H3,(H,50,69)(H,51,62)(H,52,65)(H,53,71)(H,54,66)(H,55,64)(H,56,70)(H,57,67)(H,58,68)(H4,47,48,49);1H4/t23-,24-,26+,27-,28-,29-,31-,32-,33-,34+,35-,36+;/m0./s1. The van der Waals surface area contributed by atoms with Gasteiger partial charge in [0.15, 0.2) is 5.96 Å². The fourth-order valence-electron chi connectivity index (χ4n) is 7.18. The first-order valence-corrected chi connectivity index (χ1v) is 23.5. The molecule has 2 rings (SSSR count). The molecule has 1 heterocycles. The minimum Gasteiger partial charge on any atom is -0.394 e. The number of hydrogen-bond donors (Lipinski definition) is 16. The summed E-state index contributed by atoms with van der Waals surface area (Å²) in [6, 6.07) is -6.60. The maximum absolute atomic E-state index is 14.3. The first-order valence-electron chi connectivity index (χ1n) is 23.5. The van der Waals surface area contributed by atoms with E-state index in [0.29, 0.717) is 6.42 Å². The van der Waals surface area contributed by atoms with E-state index < -0.39 is 151 Å². The number of carbonyl (C=O) groups is 9. The highest BCUT2D eigenvalue weighted by molar-refractivity contribution is 5.98. The van der Waals surface area contributed by atoms with Gasteiger partial charge in [0, 0.05) is 6.54 Å². The summed E-state index contributed by atoms with van der Waals surface area (Å²) in [6.45, 7) is 8.22. The number of aliphatic imine (C=N–C) groups is 1. The molecule has 406 valence electrons. The average Bonchev–Trinajstić information content (AvgIpc) is 3.32. The van der Waals surface area contributed by atoms with Crippen molar-refractivity contribution in [3.63, 3.8) is 0 Å². The maximum Gasteiger partial charge on any atom is 0.245 e. The van der Waals surface area contributed by atoms with Crippen LogP contribution < -0.4 is 65.1 Å². The average molecular weight is 1020 g/mol. The van der Waals surface area contributed by atoms with Gasteiger partial charge in [-0.1, -0.05) is 85.7 Å². The van der Waals surface area contributed by atoms with Crippen LogP contribution in [0.1, 0.15) is 93.2 Å². The molecule has 26 heteroatoms. The fraction of sp³-hybridized carbons (Fsp3) is 0.652. The van der Waals surface area contributed by atoms with E-state index in [1.807, 2.05) is 0 Å². The molecule has 0 aliphatic carbocycles. The summed E-state index contributed by atoms with van der Waals surface area (Å²) in [6.07, 6.45) is -2.87. The Morgan fingerprint density at radius 2 is 1.14 bits per heavy atom. The number of aliphatic hydroxyl groups excluding tert-OH is 4. The number of carbonyl (C=O) groups excluding carboxylic acids is 9. The number of hydrogen-bond acceptors (Lipinski definition) is 15. The Balaban J connectivity index is 0.0000259. The minimum atomic E-state index is -1.77. The fourth-order valence-corrected chi connectivity index (χ4v) is 7.18. The number of nitrogens with one attached hydrogen (secondary N) is 9. The van der Waals surface area contributed by atoms with Gasteiger partial charge < -0.3 is 85.5 Å². The highest BCUT2D eigenvalue weighted by atomic mass is 16.3. The highest BCUT2D eigenvalue weighted by Crippen LogP contribution is 2.18.